The summed E-state index contributed by atoms with van der Waals surface area (Å²) in [5, 5.41) is 10.7. The molecular weight excluding hydrogens is 395 g/mol. The molecular formula is C16H15IN2OS. The summed E-state index contributed by atoms with van der Waals surface area (Å²) in [4.78, 5) is 14.4. The number of benzene rings is 1. The third-order valence-electron chi connectivity index (χ3n) is 3.05. The summed E-state index contributed by atoms with van der Waals surface area (Å²) in [7, 11) is 0. The van der Waals surface area contributed by atoms with E-state index in [9.17, 15) is 4.79 Å². The number of nitriles is 1. The lowest BCUT2D eigenvalue weighted by atomic mass is 10.1. The Bertz CT molecular complexity index is 658. The number of amides is 1. The van der Waals surface area contributed by atoms with Gasteiger partial charge in [-0.3, -0.25) is 4.79 Å². The molecule has 5 heteroatoms. The Kier molecular flexibility index (Phi) is 5.76. The molecule has 0 aliphatic rings. The van der Waals surface area contributed by atoms with Crippen LogP contribution in [0.25, 0.3) is 0 Å². The normalized spacial score (nSPS) is 10.1. The summed E-state index contributed by atoms with van der Waals surface area (Å²) in [6.45, 7) is 3.37. The minimum Gasteiger partial charge on any atom is -0.334 e. The smallest absolute Gasteiger partial charge is 0.255 e. The lowest BCUT2D eigenvalue weighted by molar-refractivity contribution is 0.0743. The lowest BCUT2D eigenvalue weighted by Crippen LogP contribution is -2.31. The Labute approximate surface area is 142 Å². The summed E-state index contributed by atoms with van der Waals surface area (Å²) in [5.41, 5.74) is 2.44. The van der Waals surface area contributed by atoms with Crippen LogP contribution in [0.5, 0.6) is 0 Å². The summed E-state index contributed by atoms with van der Waals surface area (Å²) in [5.74, 6) is 0.0698. The zero-order chi connectivity index (χ0) is 15.2. The monoisotopic (exact) mass is 410 g/mol. The van der Waals surface area contributed by atoms with Crippen molar-refractivity contribution in [1.82, 2.24) is 4.90 Å². The fraction of sp³-hybridized carbons (Fsp3) is 0.250. The van der Waals surface area contributed by atoms with Crippen LogP contribution in [0.2, 0.25) is 0 Å². The summed E-state index contributed by atoms with van der Waals surface area (Å²) >= 11 is 3.81. The third-order valence-corrected chi connectivity index (χ3v) is 4.84. The van der Waals surface area contributed by atoms with Gasteiger partial charge in [-0.1, -0.05) is 19.1 Å². The number of thiophene rings is 1. The molecule has 108 valence electrons. The van der Waals surface area contributed by atoms with Crippen molar-refractivity contribution < 1.29 is 4.79 Å². The number of halogens is 1. The number of nitrogens with zero attached hydrogens (tertiary/aromatic N) is 2. The first-order chi connectivity index (χ1) is 10.1. The topological polar surface area (TPSA) is 44.1 Å². The summed E-state index contributed by atoms with van der Waals surface area (Å²) < 4.78 is 1.12. The van der Waals surface area contributed by atoms with Crippen molar-refractivity contribution in [1.29, 1.82) is 5.26 Å². The van der Waals surface area contributed by atoms with Crippen molar-refractivity contribution in [2.75, 3.05) is 6.54 Å². The number of hydrogen-bond acceptors (Lipinski definition) is 3. The predicted molar refractivity (Wildman–Crippen MR) is 93.2 cm³/mol. The average Bonchev–Trinajstić information content (AvgIpc) is 2.93. The molecule has 3 nitrogen and oxygen atoms in total. The molecule has 0 unspecified atom stereocenters. The molecule has 2 aromatic rings. The average molecular weight is 410 g/mol. The van der Waals surface area contributed by atoms with Gasteiger partial charge in [0.2, 0.25) is 0 Å². The molecule has 0 aliphatic carbocycles. The first-order valence-electron chi connectivity index (χ1n) is 6.66. The molecule has 0 fully saturated rings. The molecule has 0 spiro atoms. The number of carbonyl (C=O) groups excluding carboxylic acids is 1. The van der Waals surface area contributed by atoms with Crippen molar-refractivity contribution in [2.45, 2.75) is 19.9 Å². The Hall–Kier alpha value is -1.39. The van der Waals surface area contributed by atoms with Crippen molar-refractivity contribution in [3.05, 3.63) is 55.3 Å². The largest absolute Gasteiger partial charge is 0.334 e. The van der Waals surface area contributed by atoms with E-state index < -0.39 is 0 Å². The number of hydrogen-bond donors (Lipinski definition) is 0. The molecule has 1 aromatic heterocycles. The Morgan fingerprint density at radius 3 is 2.62 bits per heavy atom. The zero-order valence-corrected chi connectivity index (χ0v) is 14.6. The molecule has 0 saturated carbocycles. The molecule has 1 aromatic carbocycles. The van der Waals surface area contributed by atoms with Gasteiger partial charge in [0.05, 0.1) is 20.1 Å². The van der Waals surface area contributed by atoms with Crippen LogP contribution in [-0.2, 0) is 6.54 Å². The maximum Gasteiger partial charge on any atom is 0.255 e. The van der Waals surface area contributed by atoms with E-state index in [4.69, 9.17) is 5.26 Å². The second kappa shape index (κ2) is 7.57. The minimum absolute atomic E-state index is 0.0698. The highest BCUT2D eigenvalue weighted by Gasteiger charge is 2.16. The Balaban J connectivity index is 2.14. The zero-order valence-electron chi connectivity index (χ0n) is 11.7. The lowest BCUT2D eigenvalue weighted by Gasteiger charge is -2.21. The van der Waals surface area contributed by atoms with Crippen molar-refractivity contribution in [2.24, 2.45) is 0 Å². The highest BCUT2D eigenvalue weighted by atomic mass is 127. The van der Waals surface area contributed by atoms with Crippen molar-refractivity contribution in [3.63, 3.8) is 0 Å². The van der Waals surface area contributed by atoms with E-state index in [-0.39, 0.29) is 5.91 Å². The highest BCUT2D eigenvalue weighted by Crippen LogP contribution is 2.19. The van der Waals surface area contributed by atoms with Gasteiger partial charge in [-0.05, 0) is 52.8 Å². The van der Waals surface area contributed by atoms with Crippen LogP contribution in [0.4, 0.5) is 0 Å². The van der Waals surface area contributed by atoms with Gasteiger partial charge < -0.3 is 4.90 Å². The van der Waals surface area contributed by atoms with E-state index in [1.807, 2.05) is 28.5 Å². The quantitative estimate of drug-likeness (QED) is 0.691. The summed E-state index contributed by atoms with van der Waals surface area (Å²) in [6.07, 6.45) is 0.920. The van der Waals surface area contributed by atoms with Crippen LogP contribution in [0.15, 0.2) is 35.7 Å². The molecule has 0 N–H and O–H groups in total. The van der Waals surface area contributed by atoms with Gasteiger partial charge in [-0.2, -0.15) is 5.26 Å². The van der Waals surface area contributed by atoms with Gasteiger partial charge in [0.15, 0.2) is 0 Å². The van der Waals surface area contributed by atoms with Crippen LogP contribution in [0, 0.1) is 14.2 Å². The first-order valence-corrected chi connectivity index (χ1v) is 8.62. The van der Waals surface area contributed by atoms with Gasteiger partial charge in [-0.15, -0.1) is 11.3 Å². The van der Waals surface area contributed by atoms with E-state index >= 15 is 0 Å². The van der Waals surface area contributed by atoms with E-state index in [1.165, 1.54) is 0 Å². The van der Waals surface area contributed by atoms with Gasteiger partial charge in [0.25, 0.3) is 5.91 Å². The van der Waals surface area contributed by atoms with Crippen LogP contribution < -0.4 is 0 Å². The standard InChI is InChI=1S/C16H15IN2OS/c1-2-7-19(16(20)14-8-15(17)21-11-14)10-13-5-3-12(9-18)4-6-13/h3-6,8,11H,2,7,10H2,1H3. The minimum atomic E-state index is 0.0698. The molecule has 0 bridgehead atoms. The molecule has 21 heavy (non-hydrogen) atoms. The second-order valence-corrected chi connectivity index (χ2v) is 7.48. The summed E-state index contributed by atoms with van der Waals surface area (Å²) in [6, 6.07) is 11.4. The van der Waals surface area contributed by atoms with Crippen LogP contribution >= 0.6 is 33.9 Å². The van der Waals surface area contributed by atoms with Gasteiger partial charge in [-0.25, -0.2) is 0 Å². The van der Waals surface area contributed by atoms with E-state index in [0.717, 1.165) is 27.0 Å². The molecule has 0 aliphatic heterocycles. The fourth-order valence-corrected chi connectivity index (χ4v) is 3.35. The van der Waals surface area contributed by atoms with E-state index in [0.29, 0.717) is 12.1 Å². The molecule has 1 heterocycles. The number of rotatable bonds is 5. The van der Waals surface area contributed by atoms with Crippen LogP contribution in [0.3, 0.4) is 0 Å². The van der Waals surface area contributed by atoms with E-state index in [2.05, 4.69) is 35.6 Å². The van der Waals surface area contributed by atoms with Crippen LogP contribution in [0.1, 0.15) is 34.8 Å². The van der Waals surface area contributed by atoms with Gasteiger partial charge in [0, 0.05) is 18.5 Å². The van der Waals surface area contributed by atoms with Crippen molar-refractivity contribution >= 4 is 39.8 Å². The van der Waals surface area contributed by atoms with Gasteiger partial charge in [0.1, 0.15) is 0 Å². The Morgan fingerprint density at radius 2 is 2.10 bits per heavy atom. The van der Waals surface area contributed by atoms with E-state index in [1.54, 1.807) is 23.5 Å². The maximum absolute atomic E-state index is 12.6. The van der Waals surface area contributed by atoms with Gasteiger partial charge >= 0.3 is 0 Å². The molecule has 0 atom stereocenters. The number of carbonyl (C=O) groups is 1. The fourth-order valence-electron chi connectivity index (χ4n) is 2.03. The predicted octanol–water partition coefficient (Wildman–Crippen LogP) is 4.28. The highest BCUT2D eigenvalue weighted by molar-refractivity contribution is 14.1. The molecule has 0 radical (unpaired) electrons. The molecule has 1 amide bonds. The third kappa shape index (κ3) is 4.29. The second-order valence-electron chi connectivity index (χ2n) is 4.67. The van der Waals surface area contributed by atoms with Crippen molar-refractivity contribution in [3.8, 4) is 6.07 Å². The molecule has 0 saturated heterocycles. The molecule has 2 rings (SSSR count). The van der Waals surface area contributed by atoms with Crippen LogP contribution in [-0.4, -0.2) is 17.4 Å². The Morgan fingerprint density at radius 1 is 1.38 bits per heavy atom. The first kappa shape index (κ1) is 16.0. The maximum atomic E-state index is 12.6. The SMILES string of the molecule is CCCN(Cc1ccc(C#N)cc1)C(=O)c1csc(I)c1.